The Bertz CT molecular complexity index is 581. The number of carbonyl (C=O) groups is 1. The molecule has 0 heterocycles. The van der Waals surface area contributed by atoms with Crippen molar-refractivity contribution in [1.82, 2.24) is 0 Å². The molecule has 2 N–H and O–H groups in total. The van der Waals surface area contributed by atoms with Gasteiger partial charge in [0.1, 0.15) is 5.75 Å². The van der Waals surface area contributed by atoms with Crippen LogP contribution in [-0.4, -0.2) is 18.2 Å². The zero-order valence-corrected chi connectivity index (χ0v) is 11.6. The smallest absolute Gasteiger partial charge is 0.330 e. The van der Waals surface area contributed by atoms with Crippen LogP contribution >= 0.6 is 11.6 Å². The second-order valence-electron chi connectivity index (χ2n) is 4.20. The van der Waals surface area contributed by atoms with Crippen LogP contribution in [0.4, 0.5) is 5.69 Å². The minimum atomic E-state index is -0.955. The van der Waals surface area contributed by atoms with Crippen LogP contribution in [0.3, 0.4) is 0 Å². The fourth-order valence-electron chi connectivity index (χ4n) is 1.80. The van der Waals surface area contributed by atoms with Crippen molar-refractivity contribution < 1.29 is 14.6 Å². The molecule has 104 valence electrons. The van der Waals surface area contributed by atoms with Gasteiger partial charge >= 0.3 is 5.97 Å². The van der Waals surface area contributed by atoms with Gasteiger partial charge in [-0.1, -0.05) is 23.7 Å². The number of rotatable bonds is 5. The van der Waals surface area contributed by atoms with Crippen LogP contribution < -0.4 is 10.1 Å². The topological polar surface area (TPSA) is 58.6 Å². The first-order valence-electron chi connectivity index (χ1n) is 5.99. The lowest BCUT2D eigenvalue weighted by molar-refractivity contribution is -0.138. The van der Waals surface area contributed by atoms with Gasteiger partial charge in [0.25, 0.3) is 0 Å². The van der Waals surface area contributed by atoms with Crippen molar-refractivity contribution in [1.29, 1.82) is 0 Å². The van der Waals surface area contributed by atoms with E-state index in [4.69, 9.17) is 16.3 Å². The minimum absolute atomic E-state index is 0.572. The van der Waals surface area contributed by atoms with Gasteiger partial charge in [-0.3, -0.25) is 0 Å². The van der Waals surface area contributed by atoms with E-state index in [-0.39, 0.29) is 0 Å². The Hall–Kier alpha value is -2.20. The number of hydrogen-bond acceptors (Lipinski definition) is 3. The lowest BCUT2D eigenvalue weighted by atomic mass is 10.1. The molecule has 0 spiro atoms. The average molecular weight is 292 g/mol. The Morgan fingerprint density at radius 2 is 1.75 bits per heavy atom. The van der Waals surface area contributed by atoms with Crippen molar-refractivity contribution >= 4 is 23.3 Å². The second-order valence-corrected chi connectivity index (χ2v) is 4.63. The van der Waals surface area contributed by atoms with Gasteiger partial charge in [0.2, 0.25) is 0 Å². The van der Waals surface area contributed by atoms with Gasteiger partial charge in [-0.05, 0) is 42.0 Å². The molecule has 0 aliphatic carbocycles. The molecule has 20 heavy (non-hydrogen) atoms. The highest BCUT2D eigenvalue weighted by molar-refractivity contribution is 6.30. The third kappa shape index (κ3) is 3.42. The van der Waals surface area contributed by atoms with Crippen molar-refractivity contribution in [3.63, 3.8) is 0 Å². The molecule has 0 saturated carbocycles. The number of ether oxygens (including phenoxy) is 1. The van der Waals surface area contributed by atoms with E-state index in [1.807, 2.05) is 0 Å². The Kier molecular flexibility index (Phi) is 4.48. The van der Waals surface area contributed by atoms with Crippen LogP contribution in [-0.2, 0) is 4.79 Å². The van der Waals surface area contributed by atoms with E-state index < -0.39 is 12.0 Å². The summed E-state index contributed by atoms with van der Waals surface area (Å²) in [4.78, 5) is 11.4. The van der Waals surface area contributed by atoms with Crippen molar-refractivity contribution in [3.05, 3.63) is 59.1 Å². The predicted molar refractivity (Wildman–Crippen MR) is 78.4 cm³/mol. The highest BCUT2D eigenvalue weighted by atomic mass is 35.5. The molecular weight excluding hydrogens is 278 g/mol. The summed E-state index contributed by atoms with van der Waals surface area (Å²) in [5.41, 5.74) is 1.34. The maximum Gasteiger partial charge on any atom is 0.330 e. The number of benzene rings is 2. The number of methoxy groups -OCH3 is 1. The summed E-state index contributed by atoms with van der Waals surface area (Å²) in [5.74, 6) is -0.239. The van der Waals surface area contributed by atoms with Gasteiger partial charge < -0.3 is 15.2 Å². The van der Waals surface area contributed by atoms with Gasteiger partial charge in [-0.15, -0.1) is 0 Å². The van der Waals surface area contributed by atoms with Gasteiger partial charge in [0.05, 0.1) is 7.11 Å². The Morgan fingerprint density at radius 1 is 1.15 bits per heavy atom. The van der Waals surface area contributed by atoms with Crippen LogP contribution in [0.2, 0.25) is 5.02 Å². The highest BCUT2D eigenvalue weighted by Gasteiger charge is 2.19. The summed E-state index contributed by atoms with van der Waals surface area (Å²) in [7, 11) is 1.58. The summed E-state index contributed by atoms with van der Waals surface area (Å²) in [5, 5.41) is 12.9. The van der Waals surface area contributed by atoms with Gasteiger partial charge in [-0.25, -0.2) is 4.79 Å². The van der Waals surface area contributed by atoms with E-state index in [1.54, 1.807) is 55.6 Å². The molecule has 0 bridgehead atoms. The molecule has 2 aromatic carbocycles. The highest BCUT2D eigenvalue weighted by Crippen LogP contribution is 2.23. The van der Waals surface area contributed by atoms with Crippen LogP contribution in [0, 0.1) is 0 Å². The monoisotopic (exact) mass is 291 g/mol. The van der Waals surface area contributed by atoms with Crippen molar-refractivity contribution in [2.75, 3.05) is 12.4 Å². The number of nitrogens with one attached hydrogen (secondary N) is 1. The Morgan fingerprint density at radius 3 is 2.25 bits per heavy atom. The molecule has 0 fully saturated rings. The number of aliphatic carboxylic acids is 1. The average Bonchev–Trinajstić information content (AvgIpc) is 2.46. The predicted octanol–water partition coefficient (Wildman–Crippen LogP) is 3.59. The minimum Gasteiger partial charge on any atom is -0.497 e. The quantitative estimate of drug-likeness (QED) is 0.884. The molecule has 0 amide bonds. The van der Waals surface area contributed by atoms with Gasteiger partial charge in [0.15, 0.2) is 6.04 Å². The van der Waals surface area contributed by atoms with E-state index in [1.165, 1.54) is 0 Å². The van der Waals surface area contributed by atoms with Crippen LogP contribution in [0.15, 0.2) is 48.5 Å². The number of anilines is 1. The first kappa shape index (κ1) is 14.2. The molecule has 0 saturated heterocycles. The van der Waals surface area contributed by atoms with Gasteiger partial charge in [0, 0.05) is 10.7 Å². The normalized spacial score (nSPS) is 11.7. The van der Waals surface area contributed by atoms with Crippen molar-refractivity contribution in [2.45, 2.75) is 6.04 Å². The molecule has 2 rings (SSSR count). The first-order valence-corrected chi connectivity index (χ1v) is 6.37. The van der Waals surface area contributed by atoms with Crippen LogP contribution in [0.5, 0.6) is 5.75 Å². The SMILES string of the molecule is COc1ccc(NC(C(=O)O)c2ccc(Cl)cc2)cc1. The fourth-order valence-corrected chi connectivity index (χ4v) is 1.92. The molecule has 0 radical (unpaired) electrons. The molecule has 4 nitrogen and oxygen atoms in total. The van der Waals surface area contributed by atoms with Gasteiger partial charge in [-0.2, -0.15) is 0 Å². The summed E-state index contributed by atoms with van der Waals surface area (Å²) < 4.78 is 5.06. The molecule has 0 aromatic heterocycles. The van der Waals surface area contributed by atoms with Crippen molar-refractivity contribution in [2.24, 2.45) is 0 Å². The summed E-state index contributed by atoms with van der Waals surface area (Å²) in [6, 6.07) is 13.0. The molecule has 1 atom stereocenters. The Balaban J connectivity index is 2.20. The molecule has 2 aromatic rings. The number of carboxylic acids is 1. The third-order valence-electron chi connectivity index (χ3n) is 2.85. The maximum absolute atomic E-state index is 11.4. The summed E-state index contributed by atoms with van der Waals surface area (Å²) in [6.07, 6.45) is 0. The molecule has 0 aliphatic rings. The molecule has 5 heteroatoms. The molecule has 0 aliphatic heterocycles. The number of carboxylic acid groups (broad SMARTS) is 1. The Labute approximate surface area is 122 Å². The van der Waals surface area contributed by atoms with E-state index >= 15 is 0 Å². The fraction of sp³-hybridized carbons (Fsp3) is 0.133. The molecule has 1 unspecified atom stereocenters. The second kappa shape index (κ2) is 6.30. The summed E-state index contributed by atoms with van der Waals surface area (Å²) >= 11 is 5.81. The first-order chi connectivity index (χ1) is 9.60. The number of halogens is 1. The zero-order valence-electron chi connectivity index (χ0n) is 10.8. The van der Waals surface area contributed by atoms with E-state index in [0.29, 0.717) is 22.0 Å². The standard InChI is InChI=1S/C15H14ClNO3/c1-20-13-8-6-12(7-9-13)17-14(15(18)19)10-2-4-11(16)5-3-10/h2-9,14,17H,1H3,(H,18,19). The maximum atomic E-state index is 11.4. The van der Waals surface area contributed by atoms with E-state index in [0.717, 1.165) is 0 Å². The zero-order chi connectivity index (χ0) is 14.5. The molecular formula is C15H14ClNO3. The third-order valence-corrected chi connectivity index (χ3v) is 3.10. The largest absolute Gasteiger partial charge is 0.497 e. The van der Waals surface area contributed by atoms with Crippen molar-refractivity contribution in [3.8, 4) is 5.75 Å². The van der Waals surface area contributed by atoms with E-state index in [9.17, 15) is 9.90 Å². The lowest BCUT2D eigenvalue weighted by Gasteiger charge is -2.16. The van der Waals surface area contributed by atoms with Crippen LogP contribution in [0.1, 0.15) is 11.6 Å². The number of hydrogen-bond donors (Lipinski definition) is 2. The van der Waals surface area contributed by atoms with E-state index in [2.05, 4.69) is 5.32 Å². The summed E-state index contributed by atoms with van der Waals surface area (Å²) in [6.45, 7) is 0. The van der Waals surface area contributed by atoms with Crippen LogP contribution in [0.25, 0.3) is 0 Å². The lowest BCUT2D eigenvalue weighted by Crippen LogP contribution is -2.20.